The summed E-state index contributed by atoms with van der Waals surface area (Å²) in [6.45, 7) is 2.07. The second-order valence-corrected chi connectivity index (χ2v) is 2.87. The summed E-state index contributed by atoms with van der Waals surface area (Å²) in [4.78, 5) is 10.2. The molecule has 1 N–H and O–H groups in total. The molecular formula is C11H12O3. The van der Waals surface area contributed by atoms with Gasteiger partial charge < -0.3 is 9.84 Å². The Hall–Kier alpha value is -1.77. The first-order chi connectivity index (χ1) is 6.72. The van der Waals surface area contributed by atoms with Crippen LogP contribution in [0.2, 0.25) is 0 Å². The fraction of sp³-hybridized carbons (Fsp3) is 0.182. The monoisotopic (exact) mass is 192 g/mol. The lowest BCUT2D eigenvalue weighted by molar-refractivity contribution is -0.104. The second kappa shape index (κ2) is 5.07. The van der Waals surface area contributed by atoms with E-state index in [9.17, 15) is 4.79 Å². The van der Waals surface area contributed by atoms with E-state index in [0.29, 0.717) is 17.9 Å². The van der Waals surface area contributed by atoms with Crippen LogP contribution in [0, 0.1) is 0 Å². The molecule has 0 radical (unpaired) electrons. The lowest BCUT2D eigenvalue weighted by Gasteiger charge is -2.02. The fourth-order valence-corrected chi connectivity index (χ4v) is 0.860. The Kier molecular flexibility index (Phi) is 3.73. The predicted molar refractivity (Wildman–Crippen MR) is 53.4 cm³/mol. The zero-order valence-corrected chi connectivity index (χ0v) is 7.93. The van der Waals surface area contributed by atoms with E-state index in [0.717, 1.165) is 6.29 Å². The molecule has 0 saturated carbocycles. The topological polar surface area (TPSA) is 46.5 Å². The summed E-state index contributed by atoms with van der Waals surface area (Å²) in [5.41, 5.74) is 0.642. The molecule has 3 heteroatoms. The number of aldehydes is 1. The smallest absolute Gasteiger partial charge is 0.145 e. The van der Waals surface area contributed by atoms with Crippen LogP contribution in [0.25, 0.3) is 0 Å². The molecule has 0 aliphatic heterocycles. The molecule has 0 aliphatic carbocycles. The number of hydrogen-bond donors (Lipinski definition) is 1. The van der Waals surface area contributed by atoms with Gasteiger partial charge in [-0.25, -0.2) is 0 Å². The first-order valence-corrected chi connectivity index (χ1v) is 4.26. The Balaban J connectivity index is 2.46. The molecule has 0 aromatic heterocycles. The molecule has 3 nitrogen and oxygen atoms in total. The summed E-state index contributed by atoms with van der Waals surface area (Å²) in [5, 5.41) is 8.99. The minimum Gasteiger partial charge on any atom is -0.508 e. The zero-order valence-electron chi connectivity index (χ0n) is 7.93. The first kappa shape index (κ1) is 10.3. The Labute approximate surface area is 82.6 Å². The molecule has 0 spiro atoms. The number of allylic oxidation sites excluding steroid dienone is 1. The van der Waals surface area contributed by atoms with Crippen molar-refractivity contribution in [2.45, 2.75) is 6.92 Å². The van der Waals surface area contributed by atoms with Gasteiger partial charge in [-0.3, -0.25) is 4.79 Å². The van der Waals surface area contributed by atoms with Gasteiger partial charge in [-0.05, 0) is 42.8 Å². The molecule has 14 heavy (non-hydrogen) atoms. The Morgan fingerprint density at radius 2 is 2.07 bits per heavy atom. The van der Waals surface area contributed by atoms with Crippen LogP contribution in [-0.4, -0.2) is 18.0 Å². The van der Waals surface area contributed by atoms with Gasteiger partial charge in [0, 0.05) is 0 Å². The van der Waals surface area contributed by atoms with Crippen LogP contribution in [0.3, 0.4) is 0 Å². The fourth-order valence-electron chi connectivity index (χ4n) is 0.860. The third kappa shape index (κ3) is 3.31. The number of carbonyl (C=O) groups excluding carboxylic acids is 1. The quantitative estimate of drug-likeness (QED) is 0.585. The van der Waals surface area contributed by atoms with Crippen LogP contribution in [0.5, 0.6) is 11.5 Å². The van der Waals surface area contributed by atoms with Gasteiger partial charge >= 0.3 is 0 Å². The summed E-state index contributed by atoms with van der Waals surface area (Å²) in [7, 11) is 0. The number of benzene rings is 1. The van der Waals surface area contributed by atoms with Gasteiger partial charge in [0.1, 0.15) is 24.4 Å². The van der Waals surface area contributed by atoms with Crippen molar-refractivity contribution in [2.24, 2.45) is 0 Å². The van der Waals surface area contributed by atoms with E-state index in [4.69, 9.17) is 9.84 Å². The Bertz CT molecular complexity index is 325. The van der Waals surface area contributed by atoms with E-state index < -0.39 is 0 Å². The average Bonchev–Trinajstić information content (AvgIpc) is 2.21. The van der Waals surface area contributed by atoms with Crippen LogP contribution < -0.4 is 4.74 Å². The summed E-state index contributed by atoms with van der Waals surface area (Å²) >= 11 is 0. The first-order valence-electron chi connectivity index (χ1n) is 4.26. The van der Waals surface area contributed by atoms with Crippen molar-refractivity contribution in [1.29, 1.82) is 0 Å². The highest BCUT2D eigenvalue weighted by molar-refractivity contribution is 5.71. The summed E-state index contributed by atoms with van der Waals surface area (Å²) in [5.74, 6) is 0.870. The molecule has 1 rings (SSSR count). The van der Waals surface area contributed by atoms with E-state index in [1.807, 2.05) is 0 Å². The third-order valence-corrected chi connectivity index (χ3v) is 1.68. The van der Waals surface area contributed by atoms with Crippen molar-refractivity contribution >= 4 is 6.29 Å². The molecule has 0 heterocycles. The van der Waals surface area contributed by atoms with Gasteiger partial charge in [-0.15, -0.1) is 0 Å². The summed E-state index contributed by atoms with van der Waals surface area (Å²) in [6, 6.07) is 6.43. The van der Waals surface area contributed by atoms with Crippen LogP contribution >= 0.6 is 0 Å². The number of aromatic hydroxyl groups is 1. The van der Waals surface area contributed by atoms with Gasteiger partial charge in [0.25, 0.3) is 0 Å². The summed E-state index contributed by atoms with van der Waals surface area (Å²) in [6.07, 6.45) is 2.47. The maximum atomic E-state index is 10.2. The maximum Gasteiger partial charge on any atom is 0.145 e. The lowest BCUT2D eigenvalue weighted by Crippen LogP contribution is -1.94. The molecule has 74 valence electrons. The molecule has 1 aromatic carbocycles. The lowest BCUT2D eigenvalue weighted by atomic mass is 10.3. The predicted octanol–water partition coefficient (Wildman–Crippen LogP) is 1.92. The number of ether oxygens (including phenoxy) is 1. The minimum absolute atomic E-state index is 0.206. The SMILES string of the molecule is C/C(C=O)=C\COc1ccc(O)cc1. The molecule has 0 atom stereocenters. The normalized spacial score (nSPS) is 11.1. The van der Waals surface area contributed by atoms with E-state index in [-0.39, 0.29) is 5.75 Å². The van der Waals surface area contributed by atoms with Crippen molar-refractivity contribution in [1.82, 2.24) is 0 Å². The van der Waals surface area contributed by atoms with Crippen molar-refractivity contribution < 1.29 is 14.6 Å². The number of hydrogen-bond acceptors (Lipinski definition) is 3. The van der Waals surface area contributed by atoms with E-state index >= 15 is 0 Å². The molecule has 1 aromatic rings. The average molecular weight is 192 g/mol. The highest BCUT2D eigenvalue weighted by Crippen LogP contribution is 2.15. The minimum atomic E-state index is 0.206. The van der Waals surface area contributed by atoms with Crippen molar-refractivity contribution in [3.8, 4) is 11.5 Å². The number of carbonyl (C=O) groups is 1. The summed E-state index contributed by atoms with van der Waals surface area (Å²) < 4.78 is 5.29. The standard InChI is InChI=1S/C11H12O3/c1-9(8-12)6-7-14-11-4-2-10(13)3-5-11/h2-6,8,13H,7H2,1H3/b9-6+. The molecule has 0 aliphatic rings. The van der Waals surface area contributed by atoms with Gasteiger partial charge in [0.05, 0.1) is 0 Å². The zero-order chi connectivity index (χ0) is 10.4. The van der Waals surface area contributed by atoms with E-state index in [1.54, 1.807) is 37.3 Å². The Morgan fingerprint density at radius 3 is 2.64 bits per heavy atom. The number of rotatable bonds is 4. The number of phenolic OH excluding ortho intramolecular Hbond substituents is 1. The van der Waals surface area contributed by atoms with E-state index in [2.05, 4.69) is 0 Å². The van der Waals surface area contributed by atoms with E-state index in [1.165, 1.54) is 0 Å². The van der Waals surface area contributed by atoms with Gasteiger partial charge in [-0.1, -0.05) is 0 Å². The highest BCUT2D eigenvalue weighted by atomic mass is 16.5. The molecule has 0 fully saturated rings. The van der Waals surface area contributed by atoms with Gasteiger partial charge in [-0.2, -0.15) is 0 Å². The highest BCUT2D eigenvalue weighted by Gasteiger charge is 1.92. The molecular weight excluding hydrogens is 180 g/mol. The second-order valence-electron chi connectivity index (χ2n) is 2.87. The largest absolute Gasteiger partial charge is 0.508 e. The van der Waals surface area contributed by atoms with Gasteiger partial charge in [0.15, 0.2) is 0 Å². The molecule has 0 saturated heterocycles. The van der Waals surface area contributed by atoms with Crippen LogP contribution in [0.1, 0.15) is 6.92 Å². The van der Waals surface area contributed by atoms with Crippen LogP contribution in [-0.2, 0) is 4.79 Å². The van der Waals surface area contributed by atoms with Crippen LogP contribution in [0.4, 0.5) is 0 Å². The van der Waals surface area contributed by atoms with Crippen molar-refractivity contribution in [2.75, 3.05) is 6.61 Å². The van der Waals surface area contributed by atoms with Crippen LogP contribution in [0.15, 0.2) is 35.9 Å². The van der Waals surface area contributed by atoms with Crippen molar-refractivity contribution in [3.63, 3.8) is 0 Å². The molecule has 0 unspecified atom stereocenters. The van der Waals surface area contributed by atoms with Gasteiger partial charge in [0.2, 0.25) is 0 Å². The number of phenols is 1. The van der Waals surface area contributed by atoms with Crippen molar-refractivity contribution in [3.05, 3.63) is 35.9 Å². The molecule has 0 amide bonds. The third-order valence-electron chi connectivity index (χ3n) is 1.68. The molecule has 0 bridgehead atoms. The Morgan fingerprint density at radius 1 is 1.43 bits per heavy atom. The maximum absolute atomic E-state index is 10.2.